The van der Waals surface area contributed by atoms with Crippen molar-refractivity contribution in [3.05, 3.63) is 65.2 Å². The van der Waals surface area contributed by atoms with Crippen LogP contribution in [0.2, 0.25) is 0 Å². The lowest BCUT2D eigenvalue weighted by Crippen LogP contribution is -2.34. The minimum absolute atomic E-state index is 0.120. The van der Waals surface area contributed by atoms with E-state index >= 15 is 0 Å². The van der Waals surface area contributed by atoms with E-state index in [1.807, 2.05) is 62.4 Å². The highest BCUT2D eigenvalue weighted by molar-refractivity contribution is 7.88. The highest BCUT2D eigenvalue weighted by Crippen LogP contribution is 2.14. The fraction of sp³-hybridized carbons (Fsp3) is 0.350. The molecule has 0 aliphatic heterocycles. The highest BCUT2D eigenvalue weighted by atomic mass is 32.2. The predicted octanol–water partition coefficient (Wildman–Crippen LogP) is 3.14. The van der Waals surface area contributed by atoms with Gasteiger partial charge >= 0.3 is 0 Å². The third-order valence-electron chi connectivity index (χ3n) is 4.06. The van der Waals surface area contributed by atoms with Crippen molar-refractivity contribution in [2.75, 3.05) is 24.7 Å². The first-order valence-corrected chi connectivity index (χ1v) is 10.5. The number of hydrogen-bond donors (Lipinski definition) is 1. The molecule has 0 aromatic heterocycles. The standard InChI is InChI=1S/C20H26N2O3S/c1-16-13-17(2)15-19(14-16)21-20(23)10-12-22(26(3,24)25)11-9-18-7-5-4-6-8-18/h4-8,13-15H,9-12H2,1-3H3,(H,21,23). The minimum atomic E-state index is -3.36. The molecule has 1 N–H and O–H groups in total. The number of amides is 1. The largest absolute Gasteiger partial charge is 0.326 e. The summed E-state index contributed by atoms with van der Waals surface area (Å²) in [5.74, 6) is -0.191. The van der Waals surface area contributed by atoms with Gasteiger partial charge in [-0.3, -0.25) is 4.79 Å². The van der Waals surface area contributed by atoms with Crippen LogP contribution >= 0.6 is 0 Å². The van der Waals surface area contributed by atoms with E-state index in [1.54, 1.807) is 0 Å². The number of benzene rings is 2. The van der Waals surface area contributed by atoms with E-state index < -0.39 is 10.0 Å². The second kappa shape index (κ2) is 8.96. The summed E-state index contributed by atoms with van der Waals surface area (Å²) in [5, 5.41) is 2.84. The lowest BCUT2D eigenvalue weighted by molar-refractivity contribution is -0.116. The molecule has 2 aromatic rings. The molecule has 0 spiro atoms. The van der Waals surface area contributed by atoms with Gasteiger partial charge in [0.1, 0.15) is 0 Å². The van der Waals surface area contributed by atoms with Gasteiger partial charge < -0.3 is 5.32 Å². The third-order valence-corrected chi connectivity index (χ3v) is 5.36. The van der Waals surface area contributed by atoms with Gasteiger partial charge in [0, 0.05) is 25.2 Å². The van der Waals surface area contributed by atoms with Gasteiger partial charge in [-0.25, -0.2) is 12.7 Å². The van der Waals surface area contributed by atoms with Crippen LogP contribution in [0.3, 0.4) is 0 Å². The smallest absolute Gasteiger partial charge is 0.225 e. The Labute approximate surface area is 156 Å². The number of carbonyl (C=O) groups is 1. The summed E-state index contributed by atoms with van der Waals surface area (Å²) >= 11 is 0. The molecule has 0 aliphatic carbocycles. The Kier molecular flexibility index (Phi) is 6.94. The van der Waals surface area contributed by atoms with Gasteiger partial charge in [-0.2, -0.15) is 0 Å². The van der Waals surface area contributed by atoms with Crippen LogP contribution in [0.5, 0.6) is 0 Å². The molecular formula is C20H26N2O3S. The summed E-state index contributed by atoms with van der Waals surface area (Å²) in [5.41, 5.74) is 3.95. The van der Waals surface area contributed by atoms with Crippen LogP contribution in [-0.2, 0) is 21.2 Å². The molecule has 5 nitrogen and oxygen atoms in total. The maximum Gasteiger partial charge on any atom is 0.225 e. The number of sulfonamides is 1. The van der Waals surface area contributed by atoms with E-state index in [4.69, 9.17) is 0 Å². The zero-order chi connectivity index (χ0) is 19.2. The van der Waals surface area contributed by atoms with E-state index in [0.717, 1.165) is 22.4 Å². The van der Waals surface area contributed by atoms with Crippen LogP contribution in [-0.4, -0.2) is 38.0 Å². The quantitative estimate of drug-likeness (QED) is 0.772. The van der Waals surface area contributed by atoms with Crippen molar-refractivity contribution in [1.29, 1.82) is 0 Å². The molecule has 0 fully saturated rings. The molecule has 0 unspecified atom stereocenters. The van der Waals surface area contributed by atoms with Gasteiger partial charge in [-0.05, 0) is 49.1 Å². The van der Waals surface area contributed by atoms with E-state index in [1.165, 1.54) is 10.6 Å². The normalized spacial score (nSPS) is 11.5. The highest BCUT2D eigenvalue weighted by Gasteiger charge is 2.17. The molecule has 6 heteroatoms. The summed E-state index contributed by atoms with van der Waals surface area (Å²) in [6, 6.07) is 15.5. The Morgan fingerprint density at radius 3 is 2.19 bits per heavy atom. The van der Waals surface area contributed by atoms with E-state index in [2.05, 4.69) is 5.32 Å². The van der Waals surface area contributed by atoms with Crippen molar-refractivity contribution >= 4 is 21.6 Å². The lowest BCUT2D eigenvalue weighted by atomic mass is 10.1. The predicted molar refractivity (Wildman–Crippen MR) is 106 cm³/mol. The van der Waals surface area contributed by atoms with Gasteiger partial charge in [0.2, 0.25) is 15.9 Å². The fourth-order valence-corrected chi connectivity index (χ4v) is 3.68. The number of nitrogens with zero attached hydrogens (tertiary/aromatic N) is 1. The van der Waals surface area contributed by atoms with Crippen molar-refractivity contribution in [3.63, 3.8) is 0 Å². The molecule has 1 amide bonds. The second-order valence-electron chi connectivity index (χ2n) is 6.57. The van der Waals surface area contributed by atoms with Gasteiger partial charge in [0.05, 0.1) is 6.26 Å². The maximum atomic E-state index is 12.2. The molecule has 0 saturated heterocycles. The lowest BCUT2D eigenvalue weighted by Gasteiger charge is -2.19. The topological polar surface area (TPSA) is 66.5 Å². The number of aryl methyl sites for hydroxylation is 2. The van der Waals surface area contributed by atoms with Gasteiger partial charge in [-0.1, -0.05) is 36.4 Å². The molecule has 140 valence electrons. The van der Waals surface area contributed by atoms with Crippen molar-refractivity contribution in [3.8, 4) is 0 Å². The van der Waals surface area contributed by atoms with Crippen molar-refractivity contribution in [1.82, 2.24) is 4.31 Å². The van der Waals surface area contributed by atoms with Gasteiger partial charge in [-0.15, -0.1) is 0 Å². The Bertz CT molecular complexity index is 828. The number of carbonyl (C=O) groups excluding carboxylic acids is 1. The Hall–Kier alpha value is -2.18. The second-order valence-corrected chi connectivity index (χ2v) is 8.55. The summed E-state index contributed by atoms with van der Waals surface area (Å²) in [6.45, 7) is 4.47. The summed E-state index contributed by atoms with van der Waals surface area (Å²) in [6.07, 6.45) is 1.92. The van der Waals surface area contributed by atoms with Gasteiger partial charge in [0.15, 0.2) is 0 Å². The Balaban J connectivity index is 1.92. The van der Waals surface area contributed by atoms with Crippen molar-refractivity contribution in [2.45, 2.75) is 26.7 Å². The molecule has 0 bridgehead atoms. The van der Waals surface area contributed by atoms with E-state index in [9.17, 15) is 13.2 Å². The van der Waals surface area contributed by atoms with Crippen LogP contribution in [0.25, 0.3) is 0 Å². The first-order valence-electron chi connectivity index (χ1n) is 8.61. The number of nitrogens with one attached hydrogen (secondary N) is 1. The average molecular weight is 375 g/mol. The molecule has 2 aromatic carbocycles. The number of anilines is 1. The Morgan fingerprint density at radius 2 is 1.62 bits per heavy atom. The number of hydrogen-bond acceptors (Lipinski definition) is 3. The molecule has 0 heterocycles. The van der Waals surface area contributed by atoms with Crippen LogP contribution in [0.1, 0.15) is 23.1 Å². The molecule has 26 heavy (non-hydrogen) atoms. The molecular weight excluding hydrogens is 348 g/mol. The van der Waals surface area contributed by atoms with E-state index in [0.29, 0.717) is 13.0 Å². The summed E-state index contributed by atoms with van der Waals surface area (Å²) in [4.78, 5) is 12.2. The first kappa shape index (κ1) is 20.1. The zero-order valence-corrected chi connectivity index (χ0v) is 16.3. The Morgan fingerprint density at radius 1 is 1.00 bits per heavy atom. The van der Waals surface area contributed by atoms with Crippen LogP contribution in [0.15, 0.2) is 48.5 Å². The fourth-order valence-electron chi connectivity index (χ4n) is 2.84. The summed E-state index contributed by atoms with van der Waals surface area (Å²) < 4.78 is 25.4. The van der Waals surface area contributed by atoms with Crippen LogP contribution in [0, 0.1) is 13.8 Å². The average Bonchev–Trinajstić information content (AvgIpc) is 2.53. The molecule has 0 saturated carbocycles. The van der Waals surface area contributed by atoms with Crippen LogP contribution < -0.4 is 5.32 Å². The molecule has 0 aliphatic rings. The van der Waals surface area contributed by atoms with E-state index in [-0.39, 0.29) is 18.9 Å². The summed E-state index contributed by atoms with van der Waals surface area (Å²) in [7, 11) is -3.36. The third kappa shape index (κ3) is 6.61. The van der Waals surface area contributed by atoms with Crippen molar-refractivity contribution < 1.29 is 13.2 Å². The first-order chi connectivity index (χ1) is 12.2. The zero-order valence-electron chi connectivity index (χ0n) is 15.5. The minimum Gasteiger partial charge on any atom is -0.326 e. The van der Waals surface area contributed by atoms with Crippen LogP contribution in [0.4, 0.5) is 5.69 Å². The molecule has 0 atom stereocenters. The monoisotopic (exact) mass is 374 g/mol. The molecule has 0 radical (unpaired) electrons. The van der Waals surface area contributed by atoms with Gasteiger partial charge in [0.25, 0.3) is 0 Å². The number of rotatable bonds is 8. The SMILES string of the molecule is Cc1cc(C)cc(NC(=O)CCN(CCc2ccccc2)S(C)(=O)=O)c1. The van der Waals surface area contributed by atoms with Crippen molar-refractivity contribution in [2.24, 2.45) is 0 Å². The maximum absolute atomic E-state index is 12.2. The molecule has 2 rings (SSSR count).